The summed E-state index contributed by atoms with van der Waals surface area (Å²) < 4.78 is 9.99. The van der Waals surface area contributed by atoms with Crippen molar-refractivity contribution in [2.75, 3.05) is 13.2 Å². The van der Waals surface area contributed by atoms with Gasteiger partial charge in [0.05, 0.1) is 0 Å². The fourth-order valence-electron chi connectivity index (χ4n) is 2.33. The molecule has 0 aliphatic heterocycles. The zero-order valence-electron chi connectivity index (χ0n) is 16.6. The highest BCUT2D eigenvalue weighted by Crippen LogP contribution is 2.22. The molecule has 2 aromatic carbocycles. The van der Waals surface area contributed by atoms with Gasteiger partial charge in [0.2, 0.25) is 0 Å². The van der Waals surface area contributed by atoms with Crippen LogP contribution in [0.1, 0.15) is 47.1 Å². The number of carbonyl (C=O) groups is 4. The lowest BCUT2D eigenvalue weighted by Gasteiger charge is -2.19. The predicted octanol–water partition coefficient (Wildman–Crippen LogP) is 2.68. The molecule has 2 rings (SSSR count). The van der Waals surface area contributed by atoms with Gasteiger partial charge in [0.25, 0.3) is 11.8 Å². The maximum Gasteiger partial charge on any atom is 0.344 e. The van der Waals surface area contributed by atoms with E-state index in [0.717, 1.165) is 5.56 Å². The van der Waals surface area contributed by atoms with Crippen LogP contribution in [0.2, 0.25) is 0 Å². The van der Waals surface area contributed by atoms with Crippen molar-refractivity contribution in [3.8, 4) is 5.75 Å². The van der Waals surface area contributed by atoms with E-state index >= 15 is 0 Å². The molecule has 7 heteroatoms. The third-order valence-corrected chi connectivity index (χ3v) is 4.00. The van der Waals surface area contributed by atoms with Gasteiger partial charge in [-0.2, -0.15) is 0 Å². The summed E-state index contributed by atoms with van der Waals surface area (Å²) in [5.74, 6) is -1.69. The minimum atomic E-state index is -0.762. The highest BCUT2D eigenvalue weighted by atomic mass is 16.6. The molecule has 0 aliphatic rings. The van der Waals surface area contributed by atoms with Crippen molar-refractivity contribution >= 4 is 24.1 Å². The molecule has 29 heavy (non-hydrogen) atoms. The molecule has 0 bridgehead atoms. The Labute approximate surface area is 169 Å². The molecule has 0 aliphatic carbocycles. The van der Waals surface area contributed by atoms with Gasteiger partial charge >= 0.3 is 5.97 Å². The van der Waals surface area contributed by atoms with Gasteiger partial charge in [-0.1, -0.05) is 32.9 Å². The molecule has 1 N–H and O–H groups in total. The second kappa shape index (κ2) is 9.64. The van der Waals surface area contributed by atoms with Gasteiger partial charge < -0.3 is 9.47 Å². The fourth-order valence-corrected chi connectivity index (χ4v) is 2.33. The summed E-state index contributed by atoms with van der Waals surface area (Å²) in [4.78, 5) is 46.2. The Balaban J connectivity index is 1.75. The van der Waals surface area contributed by atoms with Crippen LogP contribution in [0.15, 0.2) is 48.5 Å². The SMILES string of the molecule is CC(C)(C)c1ccc(C(=O)NC(=O)COC(=O)COc2ccc(C=O)cc2)cc1. The normalized spacial score (nSPS) is 10.7. The topological polar surface area (TPSA) is 98.8 Å². The number of esters is 1. The van der Waals surface area contributed by atoms with Crippen LogP contribution >= 0.6 is 0 Å². The summed E-state index contributed by atoms with van der Waals surface area (Å²) >= 11 is 0. The third-order valence-electron chi connectivity index (χ3n) is 4.00. The van der Waals surface area contributed by atoms with Crippen molar-refractivity contribution in [1.29, 1.82) is 0 Å². The Morgan fingerprint density at radius 1 is 0.931 bits per heavy atom. The quantitative estimate of drug-likeness (QED) is 0.570. The second-order valence-corrected chi connectivity index (χ2v) is 7.34. The molecule has 0 atom stereocenters. The average Bonchev–Trinajstić information content (AvgIpc) is 2.70. The van der Waals surface area contributed by atoms with Crippen LogP contribution in [0, 0.1) is 0 Å². The molecular weight excluding hydrogens is 374 g/mol. The Bertz CT molecular complexity index is 879. The Morgan fingerprint density at radius 2 is 1.55 bits per heavy atom. The van der Waals surface area contributed by atoms with Crippen molar-refractivity contribution in [3.63, 3.8) is 0 Å². The second-order valence-electron chi connectivity index (χ2n) is 7.34. The number of imide groups is 1. The lowest BCUT2D eigenvalue weighted by molar-refractivity contribution is -0.150. The standard InChI is InChI=1S/C22H23NO6/c1-22(2,3)17-8-6-16(7-9-17)21(27)23-19(25)13-29-20(26)14-28-18-10-4-15(12-24)5-11-18/h4-12H,13-14H2,1-3H3,(H,23,25,27). The molecule has 0 heterocycles. The number of aldehydes is 1. The third kappa shape index (κ3) is 6.88. The number of hydrogen-bond acceptors (Lipinski definition) is 6. The molecule has 0 spiro atoms. The fraction of sp³-hybridized carbons (Fsp3) is 0.273. The molecule has 152 valence electrons. The molecule has 2 aromatic rings. The van der Waals surface area contributed by atoms with E-state index in [1.54, 1.807) is 24.3 Å². The highest BCUT2D eigenvalue weighted by Gasteiger charge is 2.16. The van der Waals surface area contributed by atoms with Gasteiger partial charge in [-0.15, -0.1) is 0 Å². The minimum absolute atomic E-state index is 0.0440. The van der Waals surface area contributed by atoms with Crippen LogP contribution in [0.5, 0.6) is 5.75 Å². The van der Waals surface area contributed by atoms with Crippen LogP contribution in [0.25, 0.3) is 0 Å². The summed E-state index contributed by atoms with van der Waals surface area (Å²) in [6.45, 7) is 5.17. The zero-order chi connectivity index (χ0) is 21.4. The number of amides is 2. The van der Waals surface area contributed by atoms with E-state index in [4.69, 9.17) is 9.47 Å². The molecule has 7 nitrogen and oxygen atoms in total. The van der Waals surface area contributed by atoms with Crippen molar-refractivity contribution in [2.24, 2.45) is 0 Å². The summed E-state index contributed by atoms with van der Waals surface area (Å²) in [6, 6.07) is 13.1. The summed E-state index contributed by atoms with van der Waals surface area (Å²) in [5, 5.41) is 2.17. The van der Waals surface area contributed by atoms with Crippen LogP contribution in [-0.4, -0.2) is 37.3 Å². The lowest BCUT2D eigenvalue weighted by Crippen LogP contribution is -2.34. The van der Waals surface area contributed by atoms with Crippen LogP contribution in [0.4, 0.5) is 0 Å². The molecule has 0 fully saturated rings. The van der Waals surface area contributed by atoms with Crippen molar-refractivity contribution in [3.05, 3.63) is 65.2 Å². The highest BCUT2D eigenvalue weighted by molar-refractivity contribution is 6.05. The Hall–Kier alpha value is -3.48. The molecule has 0 saturated carbocycles. The molecule has 0 aromatic heterocycles. The number of hydrogen-bond donors (Lipinski definition) is 1. The number of carbonyl (C=O) groups excluding carboxylic acids is 4. The van der Waals surface area contributed by atoms with E-state index in [1.165, 1.54) is 12.1 Å². The van der Waals surface area contributed by atoms with Crippen molar-refractivity contribution < 1.29 is 28.7 Å². The van der Waals surface area contributed by atoms with Crippen molar-refractivity contribution in [1.82, 2.24) is 5.32 Å². The van der Waals surface area contributed by atoms with Crippen molar-refractivity contribution in [2.45, 2.75) is 26.2 Å². The molecule has 0 unspecified atom stereocenters. The maximum absolute atomic E-state index is 12.1. The monoisotopic (exact) mass is 397 g/mol. The first-order valence-electron chi connectivity index (χ1n) is 8.97. The molecule has 0 radical (unpaired) electrons. The number of ether oxygens (including phenoxy) is 2. The summed E-state index contributed by atoms with van der Waals surface area (Å²) in [6.07, 6.45) is 0.691. The minimum Gasteiger partial charge on any atom is -0.482 e. The number of rotatable bonds is 7. The average molecular weight is 397 g/mol. The summed E-state index contributed by atoms with van der Waals surface area (Å²) in [7, 11) is 0. The van der Waals surface area contributed by atoms with Gasteiger partial charge in [0.15, 0.2) is 13.2 Å². The zero-order valence-corrected chi connectivity index (χ0v) is 16.6. The molecular formula is C22H23NO6. The first-order valence-corrected chi connectivity index (χ1v) is 8.97. The van der Waals surface area contributed by atoms with Gasteiger partial charge in [0, 0.05) is 11.1 Å². The smallest absolute Gasteiger partial charge is 0.344 e. The Morgan fingerprint density at radius 3 is 2.10 bits per heavy atom. The van der Waals surface area contributed by atoms with E-state index in [-0.39, 0.29) is 5.41 Å². The van der Waals surface area contributed by atoms with Crippen LogP contribution in [0.3, 0.4) is 0 Å². The van der Waals surface area contributed by atoms with Gasteiger partial charge in [-0.05, 0) is 47.4 Å². The first-order chi connectivity index (χ1) is 13.7. The molecule has 2 amide bonds. The van der Waals surface area contributed by atoms with E-state index in [2.05, 4.69) is 26.1 Å². The number of nitrogens with one attached hydrogen (secondary N) is 1. The van der Waals surface area contributed by atoms with Gasteiger partial charge in [0.1, 0.15) is 12.0 Å². The predicted molar refractivity (Wildman–Crippen MR) is 106 cm³/mol. The van der Waals surface area contributed by atoms with E-state index in [0.29, 0.717) is 23.2 Å². The lowest BCUT2D eigenvalue weighted by atomic mass is 9.87. The Kier molecular flexibility index (Phi) is 7.25. The van der Waals surface area contributed by atoms with Gasteiger partial charge in [-0.25, -0.2) is 4.79 Å². The number of benzene rings is 2. The first kappa shape index (κ1) is 21.8. The molecule has 0 saturated heterocycles. The maximum atomic E-state index is 12.1. The summed E-state index contributed by atoms with van der Waals surface area (Å²) in [5.41, 5.74) is 1.83. The van der Waals surface area contributed by atoms with Gasteiger partial charge in [-0.3, -0.25) is 19.7 Å². The van der Waals surface area contributed by atoms with E-state index < -0.39 is 31.0 Å². The largest absolute Gasteiger partial charge is 0.482 e. The van der Waals surface area contributed by atoms with Crippen LogP contribution in [-0.2, 0) is 19.7 Å². The van der Waals surface area contributed by atoms with Crippen LogP contribution < -0.4 is 10.1 Å². The van der Waals surface area contributed by atoms with E-state index in [1.807, 2.05) is 12.1 Å². The van der Waals surface area contributed by atoms with E-state index in [9.17, 15) is 19.2 Å².